The summed E-state index contributed by atoms with van der Waals surface area (Å²) in [5, 5.41) is 6.01. The molecule has 2 heterocycles. The standard InChI is InChI=1S/C27H33N3O6S/c1-2-8-22(25(31)27-30-21-11-6-7-12-24(21)36-27)29-26(32)23(28-20-13-15-35-16-14-20)18-37(33,34)17-19-9-4-3-5-10-19/h3-7,9-12,20,22-23,28H,2,8,13-18H2,1H3,(H,29,32)/t22-,23?/m0/s1. The molecule has 37 heavy (non-hydrogen) atoms. The van der Waals surface area contributed by atoms with Crippen LogP contribution in [-0.4, -0.2) is 62.2 Å². The van der Waals surface area contributed by atoms with Crippen LogP contribution in [0.4, 0.5) is 0 Å². The Bertz CT molecular complexity index is 1270. The quantitative estimate of drug-likeness (QED) is 0.344. The molecule has 10 heteroatoms. The van der Waals surface area contributed by atoms with Gasteiger partial charge in [0.05, 0.1) is 17.5 Å². The Morgan fingerprint density at radius 1 is 1.03 bits per heavy atom. The van der Waals surface area contributed by atoms with Gasteiger partial charge in [-0.25, -0.2) is 13.4 Å². The van der Waals surface area contributed by atoms with Crippen LogP contribution in [0.2, 0.25) is 0 Å². The van der Waals surface area contributed by atoms with Crippen LogP contribution in [-0.2, 0) is 25.1 Å². The van der Waals surface area contributed by atoms with Crippen molar-refractivity contribution >= 4 is 32.6 Å². The minimum Gasteiger partial charge on any atom is -0.434 e. The summed E-state index contributed by atoms with van der Waals surface area (Å²) in [5.41, 5.74) is 1.69. The Hall–Kier alpha value is -3.08. The van der Waals surface area contributed by atoms with Crippen LogP contribution in [0.25, 0.3) is 11.1 Å². The van der Waals surface area contributed by atoms with Gasteiger partial charge in [0.2, 0.25) is 11.7 Å². The van der Waals surface area contributed by atoms with Crippen molar-refractivity contribution in [2.75, 3.05) is 19.0 Å². The van der Waals surface area contributed by atoms with E-state index in [-0.39, 0.29) is 23.4 Å². The smallest absolute Gasteiger partial charge is 0.266 e. The number of nitrogens with zero attached hydrogens (tertiary/aromatic N) is 1. The number of ether oxygens (including phenoxy) is 1. The van der Waals surface area contributed by atoms with E-state index in [4.69, 9.17) is 9.15 Å². The monoisotopic (exact) mass is 527 g/mol. The van der Waals surface area contributed by atoms with Gasteiger partial charge in [-0.15, -0.1) is 0 Å². The third-order valence-electron chi connectivity index (χ3n) is 6.34. The second-order valence-corrected chi connectivity index (χ2v) is 11.5. The normalized spacial score (nSPS) is 16.4. The lowest BCUT2D eigenvalue weighted by Gasteiger charge is -2.29. The molecule has 1 fully saturated rings. The van der Waals surface area contributed by atoms with E-state index in [1.165, 1.54) is 0 Å². The zero-order valence-corrected chi connectivity index (χ0v) is 21.7. The minimum absolute atomic E-state index is 0.0613. The van der Waals surface area contributed by atoms with Crippen LogP contribution >= 0.6 is 0 Å². The molecule has 1 unspecified atom stereocenters. The van der Waals surface area contributed by atoms with E-state index in [0.29, 0.717) is 55.6 Å². The predicted octanol–water partition coefficient (Wildman–Crippen LogP) is 3.05. The van der Waals surface area contributed by atoms with Gasteiger partial charge in [-0.2, -0.15) is 0 Å². The molecule has 0 aliphatic carbocycles. The molecule has 4 rings (SSSR count). The third kappa shape index (κ3) is 7.47. The average Bonchev–Trinajstić information content (AvgIpc) is 3.33. The van der Waals surface area contributed by atoms with E-state index < -0.39 is 33.6 Å². The van der Waals surface area contributed by atoms with E-state index in [9.17, 15) is 18.0 Å². The molecule has 0 spiro atoms. The van der Waals surface area contributed by atoms with Gasteiger partial charge in [-0.05, 0) is 37.0 Å². The third-order valence-corrected chi connectivity index (χ3v) is 7.95. The topological polar surface area (TPSA) is 128 Å². The number of para-hydroxylation sites is 2. The Morgan fingerprint density at radius 2 is 1.73 bits per heavy atom. The SMILES string of the molecule is CCC[C@H](NC(=O)C(CS(=O)(=O)Cc1ccccc1)NC1CCOCC1)C(=O)c1nc2ccccc2o1. The number of fused-ring (bicyclic) bond motifs is 1. The number of Topliss-reactive ketones (excluding diaryl/α,β-unsaturated/α-hetero) is 1. The van der Waals surface area contributed by atoms with Crippen LogP contribution in [0.1, 0.15) is 48.9 Å². The molecular formula is C27H33N3O6S. The number of amides is 1. The van der Waals surface area contributed by atoms with Crippen LogP contribution in [0.15, 0.2) is 59.0 Å². The van der Waals surface area contributed by atoms with E-state index in [1.807, 2.05) is 13.0 Å². The highest BCUT2D eigenvalue weighted by Gasteiger charge is 2.33. The van der Waals surface area contributed by atoms with E-state index in [0.717, 1.165) is 0 Å². The van der Waals surface area contributed by atoms with Crippen molar-refractivity contribution in [2.45, 2.75) is 56.5 Å². The molecule has 198 valence electrons. The van der Waals surface area contributed by atoms with Crippen molar-refractivity contribution < 1.29 is 27.2 Å². The van der Waals surface area contributed by atoms with Gasteiger partial charge in [0.1, 0.15) is 11.6 Å². The van der Waals surface area contributed by atoms with E-state index >= 15 is 0 Å². The second kappa shape index (κ2) is 12.4. The number of aromatic nitrogens is 1. The number of benzene rings is 2. The molecule has 2 atom stereocenters. The maximum atomic E-state index is 13.5. The first-order valence-corrected chi connectivity index (χ1v) is 14.4. The zero-order chi connectivity index (χ0) is 26.3. The van der Waals surface area contributed by atoms with Crippen molar-refractivity contribution in [1.82, 2.24) is 15.6 Å². The van der Waals surface area contributed by atoms with Crippen molar-refractivity contribution in [1.29, 1.82) is 0 Å². The van der Waals surface area contributed by atoms with Gasteiger partial charge < -0.3 is 19.8 Å². The van der Waals surface area contributed by atoms with Gasteiger partial charge in [0.25, 0.3) is 5.89 Å². The fraction of sp³-hybridized carbons (Fsp3) is 0.444. The van der Waals surface area contributed by atoms with Gasteiger partial charge in [0, 0.05) is 19.3 Å². The lowest BCUT2D eigenvalue weighted by atomic mass is 10.1. The summed E-state index contributed by atoms with van der Waals surface area (Å²) >= 11 is 0. The lowest BCUT2D eigenvalue weighted by Crippen LogP contribution is -2.55. The minimum atomic E-state index is -3.64. The second-order valence-electron chi connectivity index (χ2n) is 9.35. The van der Waals surface area contributed by atoms with Crippen molar-refractivity contribution in [2.24, 2.45) is 0 Å². The molecule has 1 aromatic heterocycles. The Labute approximate surface area is 216 Å². The number of hydrogen-bond donors (Lipinski definition) is 2. The fourth-order valence-electron chi connectivity index (χ4n) is 4.45. The Kier molecular flexibility index (Phi) is 9.07. The van der Waals surface area contributed by atoms with Crippen molar-refractivity contribution in [3.05, 3.63) is 66.1 Å². The highest BCUT2D eigenvalue weighted by Crippen LogP contribution is 2.18. The van der Waals surface area contributed by atoms with Gasteiger partial charge in [-0.3, -0.25) is 9.59 Å². The molecular weight excluding hydrogens is 494 g/mol. The molecule has 2 N–H and O–H groups in total. The van der Waals surface area contributed by atoms with Crippen molar-refractivity contribution in [3.63, 3.8) is 0 Å². The van der Waals surface area contributed by atoms with Crippen LogP contribution in [0.5, 0.6) is 0 Å². The number of carbonyl (C=O) groups excluding carboxylic acids is 2. The van der Waals surface area contributed by atoms with E-state index in [2.05, 4.69) is 15.6 Å². The summed E-state index contributed by atoms with van der Waals surface area (Å²) in [6.45, 7) is 2.98. The number of ketones is 1. The summed E-state index contributed by atoms with van der Waals surface area (Å²) < 4.78 is 37.2. The highest BCUT2D eigenvalue weighted by molar-refractivity contribution is 7.90. The van der Waals surface area contributed by atoms with E-state index in [1.54, 1.807) is 48.5 Å². The number of rotatable bonds is 12. The fourth-order valence-corrected chi connectivity index (χ4v) is 6.02. The van der Waals surface area contributed by atoms with Gasteiger partial charge >= 0.3 is 0 Å². The number of oxazole rings is 1. The van der Waals surface area contributed by atoms with Crippen molar-refractivity contribution in [3.8, 4) is 0 Å². The highest BCUT2D eigenvalue weighted by atomic mass is 32.2. The summed E-state index contributed by atoms with van der Waals surface area (Å²) in [6.07, 6.45) is 2.33. The Morgan fingerprint density at radius 3 is 2.43 bits per heavy atom. The van der Waals surface area contributed by atoms with Crippen LogP contribution in [0.3, 0.4) is 0 Å². The molecule has 1 aliphatic heterocycles. The van der Waals surface area contributed by atoms with Gasteiger partial charge in [0.15, 0.2) is 15.4 Å². The predicted molar refractivity (Wildman–Crippen MR) is 140 cm³/mol. The molecule has 1 saturated heterocycles. The van der Waals surface area contributed by atoms with Crippen LogP contribution < -0.4 is 10.6 Å². The summed E-state index contributed by atoms with van der Waals surface area (Å²) in [4.78, 5) is 31.0. The molecule has 0 radical (unpaired) electrons. The summed E-state index contributed by atoms with van der Waals surface area (Å²) in [6, 6.07) is 14.0. The lowest BCUT2D eigenvalue weighted by molar-refractivity contribution is -0.123. The first-order chi connectivity index (χ1) is 17.8. The maximum absolute atomic E-state index is 13.5. The summed E-state index contributed by atoms with van der Waals surface area (Å²) in [5.74, 6) is -1.62. The first-order valence-electron chi connectivity index (χ1n) is 12.6. The zero-order valence-electron chi connectivity index (χ0n) is 20.9. The molecule has 1 amide bonds. The number of sulfone groups is 1. The number of carbonyl (C=O) groups is 2. The largest absolute Gasteiger partial charge is 0.434 e. The van der Waals surface area contributed by atoms with Gasteiger partial charge in [-0.1, -0.05) is 55.8 Å². The molecule has 2 aromatic carbocycles. The molecule has 1 aliphatic rings. The molecule has 0 saturated carbocycles. The molecule has 3 aromatic rings. The number of hydrogen-bond acceptors (Lipinski definition) is 8. The van der Waals surface area contributed by atoms with Crippen LogP contribution in [0, 0.1) is 0 Å². The summed E-state index contributed by atoms with van der Waals surface area (Å²) in [7, 11) is -3.64. The average molecular weight is 528 g/mol. The molecule has 0 bridgehead atoms. The maximum Gasteiger partial charge on any atom is 0.266 e. The molecule has 9 nitrogen and oxygen atoms in total. The first kappa shape index (κ1) is 27.0. The number of nitrogens with one attached hydrogen (secondary N) is 2. The Balaban J connectivity index is 1.51.